The fourth-order valence-electron chi connectivity index (χ4n) is 1.43. The van der Waals surface area contributed by atoms with Crippen molar-refractivity contribution in [2.24, 2.45) is 0 Å². The van der Waals surface area contributed by atoms with E-state index >= 15 is 0 Å². The second-order valence-electron chi connectivity index (χ2n) is 2.99. The Labute approximate surface area is 80.6 Å². The van der Waals surface area contributed by atoms with Crippen LogP contribution < -0.4 is 5.46 Å². The fraction of sp³-hybridized carbons (Fsp3) is 0. The molecule has 1 aromatic carbocycles. The Balaban J connectivity index is 2.71. The van der Waals surface area contributed by atoms with E-state index in [1.807, 2.05) is 6.07 Å². The van der Waals surface area contributed by atoms with Crippen LogP contribution in [0.4, 0.5) is 0 Å². The van der Waals surface area contributed by atoms with Crippen molar-refractivity contribution in [1.29, 1.82) is 5.26 Å². The average Bonchev–Trinajstić information content (AvgIpc) is 2.59. The Morgan fingerprint density at radius 1 is 1.36 bits per heavy atom. The summed E-state index contributed by atoms with van der Waals surface area (Å²) in [5.74, 6) is 0. The van der Waals surface area contributed by atoms with Crippen LogP contribution in [0.25, 0.3) is 10.9 Å². The Bertz CT molecular complexity index is 513. The Kier molecular flexibility index (Phi) is 2.00. The number of H-pyrrole nitrogens is 1. The molecule has 3 N–H and O–H groups in total. The number of hydrogen-bond acceptors (Lipinski definition) is 3. The number of aromatic amines is 1. The molecule has 0 bridgehead atoms. The molecule has 0 unspecified atom stereocenters. The lowest BCUT2D eigenvalue weighted by Gasteiger charge is -1.96. The molecule has 1 heterocycles. The van der Waals surface area contributed by atoms with Crippen molar-refractivity contribution >= 4 is 23.5 Å². The van der Waals surface area contributed by atoms with Gasteiger partial charge in [-0.05, 0) is 18.2 Å². The van der Waals surface area contributed by atoms with Gasteiger partial charge in [0.2, 0.25) is 0 Å². The minimum absolute atomic E-state index is 0.386. The number of fused-ring (bicyclic) bond motifs is 1. The third kappa shape index (κ3) is 1.27. The molecular formula is C9H7BN2O2. The molecule has 4 nitrogen and oxygen atoms in total. The van der Waals surface area contributed by atoms with Crippen LogP contribution in [-0.4, -0.2) is 22.2 Å². The van der Waals surface area contributed by atoms with E-state index < -0.39 is 7.12 Å². The molecule has 0 atom stereocenters. The van der Waals surface area contributed by atoms with Gasteiger partial charge in [0.15, 0.2) is 0 Å². The first kappa shape index (κ1) is 8.82. The highest BCUT2D eigenvalue weighted by molar-refractivity contribution is 6.62. The molecule has 2 rings (SSSR count). The lowest BCUT2D eigenvalue weighted by atomic mass is 9.80. The molecule has 0 aliphatic carbocycles. The van der Waals surface area contributed by atoms with Crippen LogP contribution >= 0.6 is 0 Å². The first-order chi connectivity index (χ1) is 6.72. The molecule has 5 heteroatoms. The van der Waals surface area contributed by atoms with Crippen molar-refractivity contribution in [2.75, 3.05) is 0 Å². The van der Waals surface area contributed by atoms with Crippen molar-refractivity contribution < 1.29 is 10.0 Å². The second kappa shape index (κ2) is 3.18. The van der Waals surface area contributed by atoms with E-state index in [9.17, 15) is 0 Å². The smallest absolute Gasteiger partial charge is 0.423 e. The number of rotatable bonds is 1. The predicted molar refractivity (Wildman–Crippen MR) is 52.8 cm³/mol. The zero-order chi connectivity index (χ0) is 10.1. The highest BCUT2D eigenvalue weighted by Crippen LogP contribution is 2.12. The molecule has 0 amide bonds. The number of aromatic nitrogens is 1. The maximum atomic E-state index is 9.03. The molecule has 0 aliphatic rings. The molecule has 2 aromatic rings. The summed E-state index contributed by atoms with van der Waals surface area (Å²) >= 11 is 0. The van der Waals surface area contributed by atoms with E-state index in [1.54, 1.807) is 18.2 Å². The lowest BCUT2D eigenvalue weighted by Crippen LogP contribution is -2.28. The molecule has 0 spiro atoms. The fourth-order valence-corrected chi connectivity index (χ4v) is 1.43. The zero-order valence-corrected chi connectivity index (χ0v) is 7.23. The summed E-state index contributed by atoms with van der Waals surface area (Å²) in [6, 6.07) is 7.03. The van der Waals surface area contributed by atoms with E-state index in [2.05, 4.69) is 4.98 Å². The second-order valence-corrected chi connectivity index (χ2v) is 2.99. The van der Waals surface area contributed by atoms with Crippen molar-refractivity contribution in [3.8, 4) is 6.07 Å². The highest BCUT2D eigenvalue weighted by atomic mass is 16.4. The third-order valence-corrected chi connectivity index (χ3v) is 2.12. The topological polar surface area (TPSA) is 80.0 Å². The van der Waals surface area contributed by atoms with Crippen molar-refractivity contribution in [3.05, 3.63) is 30.0 Å². The maximum absolute atomic E-state index is 9.03. The van der Waals surface area contributed by atoms with Gasteiger partial charge in [0.05, 0.1) is 11.6 Å². The Morgan fingerprint density at radius 2 is 2.14 bits per heavy atom. The summed E-state index contributed by atoms with van der Waals surface area (Å²) in [6.45, 7) is 0. The van der Waals surface area contributed by atoms with E-state index in [4.69, 9.17) is 15.3 Å². The molecular weight excluding hydrogens is 179 g/mol. The van der Waals surface area contributed by atoms with Gasteiger partial charge < -0.3 is 15.0 Å². The molecule has 0 radical (unpaired) electrons. The molecule has 14 heavy (non-hydrogen) atoms. The van der Waals surface area contributed by atoms with Crippen LogP contribution in [0.1, 0.15) is 5.56 Å². The van der Waals surface area contributed by atoms with E-state index in [-0.39, 0.29) is 0 Å². The van der Waals surface area contributed by atoms with Gasteiger partial charge in [-0.25, -0.2) is 0 Å². The summed E-state index contributed by atoms with van der Waals surface area (Å²) < 4.78 is 0. The average molecular weight is 186 g/mol. The molecule has 0 saturated carbocycles. The van der Waals surface area contributed by atoms with Gasteiger partial charge in [-0.15, -0.1) is 0 Å². The zero-order valence-electron chi connectivity index (χ0n) is 7.23. The molecule has 0 fully saturated rings. The number of benzene rings is 1. The number of nitrogens with zero attached hydrogens (tertiary/aromatic N) is 1. The number of hydrogen-bond donors (Lipinski definition) is 3. The molecule has 0 aliphatic heterocycles. The first-order valence-electron chi connectivity index (χ1n) is 4.09. The summed E-state index contributed by atoms with van der Waals surface area (Å²) in [7, 11) is -1.52. The lowest BCUT2D eigenvalue weighted by molar-refractivity contribution is 0.426. The van der Waals surface area contributed by atoms with Crippen LogP contribution in [0.15, 0.2) is 24.4 Å². The van der Waals surface area contributed by atoms with Crippen LogP contribution in [0.3, 0.4) is 0 Å². The van der Waals surface area contributed by atoms with Gasteiger partial charge >= 0.3 is 7.12 Å². The first-order valence-corrected chi connectivity index (χ1v) is 4.09. The monoisotopic (exact) mass is 186 g/mol. The van der Waals surface area contributed by atoms with Gasteiger partial charge in [-0.1, -0.05) is 0 Å². The summed E-state index contributed by atoms with van der Waals surface area (Å²) in [4.78, 5) is 2.89. The van der Waals surface area contributed by atoms with E-state index in [0.29, 0.717) is 16.4 Å². The third-order valence-electron chi connectivity index (χ3n) is 2.12. The molecule has 68 valence electrons. The van der Waals surface area contributed by atoms with Crippen LogP contribution in [0.2, 0.25) is 0 Å². The Hall–Kier alpha value is -1.77. The SMILES string of the molecule is N#Cc1ccc2[nH]cc(B(O)O)c2c1. The standard InChI is InChI=1S/C9H7BN2O2/c11-4-6-1-2-9-7(3-6)8(5-12-9)10(13)14/h1-3,5,12-14H. The minimum atomic E-state index is -1.52. The summed E-state index contributed by atoms with van der Waals surface area (Å²) in [5, 5.41) is 27.4. The Morgan fingerprint density at radius 3 is 2.79 bits per heavy atom. The largest absolute Gasteiger partial charge is 0.490 e. The van der Waals surface area contributed by atoms with Gasteiger partial charge in [-0.3, -0.25) is 0 Å². The van der Waals surface area contributed by atoms with E-state index in [1.165, 1.54) is 6.20 Å². The van der Waals surface area contributed by atoms with Crippen molar-refractivity contribution in [3.63, 3.8) is 0 Å². The normalized spacial score (nSPS) is 10.1. The quantitative estimate of drug-likeness (QED) is 0.535. The molecule has 0 saturated heterocycles. The van der Waals surface area contributed by atoms with Crippen LogP contribution in [0, 0.1) is 11.3 Å². The van der Waals surface area contributed by atoms with Gasteiger partial charge in [-0.2, -0.15) is 5.26 Å². The predicted octanol–water partition coefficient (Wildman–Crippen LogP) is -0.281. The summed E-state index contributed by atoms with van der Waals surface area (Å²) in [6.07, 6.45) is 1.52. The van der Waals surface area contributed by atoms with Crippen molar-refractivity contribution in [2.45, 2.75) is 0 Å². The maximum Gasteiger partial charge on any atom is 0.490 e. The van der Waals surface area contributed by atoms with Crippen LogP contribution in [-0.2, 0) is 0 Å². The molecule has 1 aromatic heterocycles. The van der Waals surface area contributed by atoms with Gasteiger partial charge in [0.1, 0.15) is 0 Å². The number of nitrogens with one attached hydrogen (secondary N) is 1. The van der Waals surface area contributed by atoms with E-state index in [0.717, 1.165) is 5.52 Å². The number of nitriles is 1. The highest BCUT2D eigenvalue weighted by Gasteiger charge is 2.16. The van der Waals surface area contributed by atoms with Gasteiger partial charge in [0.25, 0.3) is 0 Å². The minimum Gasteiger partial charge on any atom is -0.423 e. The van der Waals surface area contributed by atoms with Gasteiger partial charge in [0, 0.05) is 22.6 Å². The van der Waals surface area contributed by atoms with Crippen molar-refractivity contribution in [1.82, 2.24) is 4.98 Å². The van der Waals surface area contributed by atoms with Crippen LogP contribution in [0.5, 0.6) is 0 Å². The summed E-state index contributed by atoms with van der Waals surface area (Å²) in [5.41, 5.74) is 1.67.